The summed E-state index contributed by atoms with van der Waals surface area (Å²) in [6.45, 7) is 10.5. The first kappa shape index (κ1) is 18.5. The zero-order valence-electron chi connectivity index (χ0n) is 11.1. The largest absolute Gasteiger partial charge is 0.516 e. The van der Waals surface area contributed by atoms with Gasteiger partial charge >= 0.3 is 0 Å². The maximum atomic E-state index is 8.55. The molecule has 17 heavy (non-hydrogen) atoms. The normalized spacial score (nSPS) is 12.3. The molecule has 0 aliphatic heterocycles. The molecule has 0 aliphatic rings. The zero-order valence-corrected chi connectivity index (χ0v) is 11.1. The Morgan fingerprint density at radius 3 is 2.00 bits per heavy atom. The Labute approximate surface area is 105 Å². The Balaban J connectivity index is 0. The van der Waals surface area contributed by atoms with E-state index in [2.05, 4.69) is 6.58 Å². The van der Waals surface area contributed by atoms with Gasteiger partial charge < -0.3 is 19.7 Å². The van der Waals surface area contributed by atoms with Crippen LogP contribution in [0, 0.1) is 5.92 Å². The van der Waals surface area contributed by atoms with E-state index in [-0.39, 0.29) is 18.8 Å². The predicted octanol–water partition coefficient (Wildman–Crippen LogP) is 2.65. The second kappa shape index (κ2) is 15.2. The first-order valence-electron chi connectivity index (χ1n) is 5.91. The molecule has 0 aromatic heterocycles. The highest BCUT2D eigenvalue weighted by atomic mass is 16.7. The summed E-state index contributed by atoms with van der Waals surface area (Å²) in [6.07, 6.45) is 4.85. The molecule has 0 heterocycles. The molecule has 0 aromatic carbocycles. The highest BCUT2D eigenvalue weighted by molar-refractivity contribution is 4.79. The quantitative estimate of drug-likeness (QED) is 0.393. The van der Waals surface area contributed by atoms with E-state index in [0.717, 1.165) is 12.7 Å². The lowest BCUT2D eigenvalue weighted by Gasteiger charge is -2.18. The summed E-state index contributed by atoms with van der Waals surface area (Å²) in [6, 6.07) is 0. The molecule has 4 nitrogen and oxygen atoms in total. The standard InChI is InChI=1S/C10H20O3.C3H6O/c1-4-12-10(13-5-2)8-9(3)6-7-11;1-2-3-4/h6-7,9-11H,4-5,8H2,1-3H3;2,4H,1,3H2. The van der Waals surface area contributed by atoms with Gasteiger partial charge in [-0.15, -0.1) is 6.58 Å². The summed E-state index contributed by atoms with van der Waals surface area (Å²) in [5.74, 6) is 0.271. The van der Waals surface area contributed by atoms with Crippen LogP contribution in [0.5, 0.6) is 0 Å². The summed E-state index contributed by atoms with van der Waals surface area (Å²) >= 11 is 0. The minimum absolute atomic E-state index is 0.0833. The monoisotopic (exact) mass is 246 g/mol. The van der Waals surface area contributed by atoms with Crippen LogP contribution in [-0.2, 0) is 9.47 Å². The molecule has 2 N–H and O–H groups in total. The number of allylic oxidation sites excluding steroid dienone is 1. The second-order valence-corrected chi connectivity index (χ2v) is 3.37. The molecule has 4 heteroatoms. The Hall–Kier alpha value is -0.840. The topological polar surface area (TPSA) is 58.9 Å². The molecule has 0 saturated carbocycles. The molecule has 0 bridgehead atoms. The molecule has 0 spiro atoms. The van der Waals surface area contributed by atoms with Gasteiger partial charge in [-0.3, -0.25) is 0 Å². The van der Waals surface area contributed by atoms with Crippen LogP contribution in [0.15, 0.2) is 25.0 Å². The molecule has 0 aliphatic carbocycles. The third-order valence-corrected chi connectivity index (χ3v) is 1.81. The fraction of sp³-hybridized carbons (Fsp3) is 0.692. The predicted molar refractivity (Wildman–Crippen MR) is 69.9 cm³/mol. The van der Waals surface area contributed by atoms with Gasteiger partial charge in [-0.05, 0) is 25.8 Å². The molecule has 1 unspecified atom stereocenters. The average molecular weight is 246 g/mol. The van der Waals surface area contributed by atoms with Gasteiger partial charge in [-0.2, -0.15) is 0 Å². The maximum absolute atomic E-state index is 8.55. The van der Waals surface area contributed by atoms with Gasteiger partial charge in [0.2, 0.25) is 0 Å². The maximum Gasteiger partial charge on any atom is 0.158 e. The third-order valence-electron chi connectivity index (χ3n) is 1.81. The van der Waals surface area contributed by atoms with E-state index >= 15 is 0 Å². The number of hydrogen-bond acceptors (Lipinski definition) is 4. The molecule has 0 rings (SSSR count). The lowest BCUT2D eigenvalue weighted by molar-refractivity contribution is -0.143. The minimum atomic E-state index is -0.152. The second-order valence-electron chi connectivity index (χ2n) is 3.37. The molecule has 0 amide bonds. The van der Waals surface area contributed by atoms with Crippen molar-refractivity contribution in [2.45, 2.75) is 33.5 Å². The number of aliphatic hydroxyl groups excluding tert-OH is 2. The molecule has 0 radical (unpaired) electrons. The van der Waals surface area contributed by atoms with Crippen molar-refractivity contribution < 1.29 is 19.7 Å². The van der Waals surface area contributed by atoms with Crippen LogP contribution in [0.2, 0.25) is 0 Å². The molecule has 0 fully saturated rings. The van der Waals surface area contributed by atoms with Gasteiger partial charge in [0, 0.05) is 19.6 Å². The Kier molecular flexibility index (Phi) is 16.5. The van der Waals surface area contributed by atoms with E-state index in [9.17, 15) is 0 Å². The summed E-state index contributed by atoms with van der Waals surface area (Å²) in [5.41, 5.74) is 0. The van der Waals surface area contributed by atoms with Crippen molar-refractivity contribution in [1.82, 2.24) is 0 Å². The van der Waals surface area contributed by atoms with Gasteiger partial charge in [0.25, 0.3) is 0 Å². The molecular weight excluding hydrogens is 220 g/mol. The van der Waals surface area contributed by atoms with Crippen LogP contribution in [0.25, 0.3) is 0 Å². The van der Waals surface area contributed by atoms with E-state index in [1.165, 1.54) is 6.08 Å². The van der Waals surface area contributed by atoms with E-state index in [1.54, 1.807) is 6.08 Å². The van der Waals surface area contributed by atoms with Crippen LogP contribution in [-0.4, -0.2) is 36.3 Å². The Morgan fingerprint density at radius 1 is 1.24 bits per heavy atom. The van der Waals surface area contributed by atoms with Crippen LogP contribution in [0.3, 0.4) is 0 Å². The first-order chi connectivity index (χ1) is 8.15. The highest BCUT2D eigenvalue weighted by Crippen LogP contribution is 2.11. The van der Waals surface area contributed by atoms with Crippen molar-refractivity contribution in [3.05, 3.63) is 25.0 Å². The molecule has 0 saturated heterocycles. The van der Waals surface area contributed by atoms with E-state index in [1.807, 2.05) is 20.8 Å². The van der Waals surface area contributed by atoms with Gasteiger partial charge in [0.1, 0.15) is 0 Å². The molecule has 1 atom stereocenters. The lowest BCUT2D eigenvalue weighted by Crippen LogP contribution is -2.19. The lowest BCUT2D eigenvalue weighted by atomic mass is 10.1. The van der Waals surface area contributed by atoms with E-state index in [4.69, 9.17) is 19.7 Å². The fourth-order valence-electron chi connectivity index (χ4n) is 1.09. The van der Waals surface area contributed by atoms with E-state index in [0.29, 0.717) is 13.2 Å². The molecule has 0 aromatic rings. The first-order valence-corrected chi connectivity index (χ1v) is 5.91. The number of ether oxygens (including phenoxy) is 2. The molecule has 102 valence electrons. The van der Waals surface area contributed by atoms with Crippen LogP contribution >= 0.6 is 0 Å². The Morgan fingerprint density at radius 2 is 1.71 bits per heavy atom. The van der Waals surface area contributed by atoms with Crippen LogP contribution in [0.1, 0.15) is 27.2 Å². The van der Waals surface area contributed by atoms with E-state index < -0.39 is 0 Å². The van der Waals surface area contributed by atoms with Crippen LogP contribution < -0.4 is 0 Å². The number of rotatable bonds is 8. The summed E-state index contributed by atoms with van der Waals surface area (Å²) in [4.78, 5) is 0. The fourth-order valence-corrected chi connectivity index (χ4v) is 1.09. The smallest absolute Gasteiger partial charge is 0.158 e. The van der Waals surface area contributed by atoms with Gasteiger partial charge in [0.15, 0.2) is 6.29 Å². The summed E-state index contributed by atoms with van der Waals surface area (Å²) in [7, 11) is 0. The van der Waals surface area contributed by atoms with Gasteiger partial charge in [-0.25, -0.2) is 0 Å². The molecular formula is C13H26O4. The third kappa shape index (κ3) is 15.2. The van der Waals surface area contributed by atoms with Crippen molar-refractivity contribution in [3.63, 3.8) is 0 Å². The van der Waals surface area contributed by atoms with Gasteiger partial charge in [-0.1, -0.05) is 13.0 Å². The van der Waals surface area contributed by atoms with Crippen molar-refractivity contribution in [1.29, 1.82) is 0 Å². The SMILES string of the molecule is C=CCO.CCOC(CC(C)C=CO)OCC. The van der Waals surface area contributed by atoms with Crippen molar-refractivity contribution >= 4 is 0 Å². The van der Waals surface area contributed by atoms with Crippen molar-refractivity contribution in [3.8, 4) is 0 Å². The average Bonchev–Trinajstić information content (AvgIpc) is 2.30. The minimum Gasteiger partial charge on any atom is -0.516 e. The van der Waals surface area contributed by atoms with Gasteiger partial charge in [0.05, 0.1) is 12.9 Å². The Bertz CT molecular complexity index is 174. The number of hydrogen-bond donors (Lipinski definition) is 2. The van der Waals surface area contributed by atoms with Crippen molar-refractivity contribution in [2.75, 3.05) is 19.8 Å². The van der Waals surface area contributed by atoms with Crippen LogP contribution in [0.4, 0.5) is 0 Å². The summed E-state index contributed by atoms with van der Waals surface area (Å²) in [5, 5.41) is 16.3. The summed E-state index contributed by atoms with van der Waals surface area (Å²) < 4.78 is 10.7. The highest BCUT2D eigenvalue weighted by Gasteiger charge is 2.10. The number of aliphatic hydroxyl groups is 2. The van der Waals surface area contributed by atoms with Crippen molar-refractivity contribution in [2.24, 2.45) is 5.92 Å². The zero-order chi connectivity index (χ0) is 13.5.